The Morgan fingerprint density at radius 2 is 2.47 bits per heavy atom. The van der Waals surface area contributed by atoms with E-state index in [0.717, 1.165) is 19.1 Å². The van der Waals surface area contributed by atoms with Crippen LogP contribution in [-0.4, -0.2) is 35.6 Å². The minimum Gasteiger partial charge on any atom is -0.310 e. The molecule has 84 valence electrons. The van der Waals surface area contributed by atoms with Gasteiger partial charge in [-0.25, -0.2) is 0 Å². The Labute approximate surface area is 95.5 Å². The molecule has 1 fully saturated rings. The monoisotopic (exact) mass is 225 g/mol. The average molecular weight is 225 g/mol. The number of hydrogen-bond donors (Lipinski definition) is 1. The van der Waals surface area contributed by atoms with E-state index in [1.165, 1.54) is 17.7 Å². The van der Waals surface area contributed by atoms with Crippen molar-refractivity contribution < 1.29 is 0 Å². The summed E-state index contributed by atoms with van der Waals surface area (Å²) in [7, 11) is 2.23. The number of likely N-dealkylation sites (N-methyl/N-ethyl adjacent to an activating group) is 1. The molecular weight excluding hydrogens is 206 g/mol. The highest BCUT2D eigenvalue weighted by Crippen LogP contribution is 2.26. The van der Waals surface area contributed by atoms with Gasteiger partial charge in [0.25, 0.3) is 0 Å². The molecular formula is C11H19N3S. The second-order valence-electron chi connectivity index (χ2n) is 4.34. The van der Waals surface area contributed by atoms with Crippen molar-refractivity contribution in [2.24, 2.45) is 0 Å². The summed E-state index contributed by atoms with van der Waals surface area (Å²) in [6.07, 6.45) is 4.71. The first-order chi connectivity index (χ1) is 7.27. The Balaban J connectivity index is 1.64. The van der Waals surface area contributed by atoms with Crippen LogP contribution in [0.5, 0.6) is 0 Å². The van der Waals surface area contributed by atoms with Gasteiger partial charge in [0.1, 0.15) is 0 Å². The summed E-state index contributed by atoms with van der Waals surface area (Å²) in [5.74, 6) is 0. The average Bonchev–Trinajstić information content (AvgIpc) is 2.96. The van der Waals surface area contributed by atoms with E-state index >= 15 is 0 Å². The first kappa shape index (κ1) is 11.0. The molecule has 1 heterocycles. The van der Waals surface area contributed by atoms with E-state index in [1.54, 1.807) is 11.3 Å². The van der Waals surface area contributed by atoms with Crippen LogP contribution in [0.3, 0.4) is 0 Å². The summed E-state index contributed by atoms with van der Waals surface area (Å²) >= 11 is 1.71. The zero-order valence-electron chi connectivity index (χ0n) is 9.44. The first-order valence-electron chi connectivity index (χ1n) is 5.57. The second-order valence-corrected chi connectivity index (χ2v) is 5.32. The number of rotatable bonds is 6. The van der Waals surface area contributed by atoms with Crippen LogP contribution >= 0.6 is 11.3 Å². The lowest BCUT2D eigenvalue weighted by atomic mass is 10.3. The Morgan fingerprint density at radius 1 is 1.67 bits per heavy atom. The van der Waals surface area contributed by atoms with Gasteiger partial charge in [-0.1, -0.05) is 0 Å². The Hall–Kier alpha value is -0.450. The molecule has 1 aromatic rings. The molecule has 1 aromatic heterocycles. The summed E-state index contributed by atoms with van der Waals surface area (Å²) < 4.78 is 0. The van der Waals surface area contributed by atoms with Crippen LogP contribution in [0.15, 0.2) is 11.7 Å². The van der Waals surface area contributed by atoms with E-state index < -0.39 is 0 Å². The normalized spacial score (nSPS) is 18.3. The van der Waals surface area contributed by atoms with Crippen molar-refractivity contribution in [3.63, 3.8) is 0 Å². The third kappa shape index (κ3) is 3.26. The second kappa shape index (κ2) is 5.05. The smallest absolute Gasteiger partial charge is 0.0794 e. The summed E-state index contributed by atoms with van der Waals surface area (Å²) in [4.78, 5) is 7.86. The minimum absolute atomic E-state index is 0.630. The molecule has 1 unspecified atom stereocenters. The van der Waals surface area contributed by atoms with E-state index in [0.29, 0.717) is 6.04 Å². The Bertz CT molecular complexity index is 282. The number of hydrogen-bond acceptors (Lipinski definition) is 4. The van der Waals surface area contributed by atoms with Crippen molar-refractivity contribution >= 4 is 11.3 Å². The van der Waals surface area contributed by atoms with E-state index in [-0.39, 0.29) is 0 Å². The largest absolute Gasteiger partial charge is 0.310 e. The molecule has 2 rings (SSSR count). The molecule has 1 N–H and O–H groups in total. The molecule has 0 spiro atoms. The quantitative estimate of drug-likeness (QED) is 0.799. The molecule has 0 amide bonds. The van der Waals surface area contributed by atoms with Gasteiger partial charge < -0.3 is 5.32 Å². The maximum Gasteiger partial charge on any atom is 0.0794 e. The highest BCUT2D eigenvalue weighted by atomic mass is 32.1. The number of aromatic nitrogens is 1. The molecule has 1 atom stereocenters. The summed E-state index contributed by atoms with van der Waals surface area (Å²) in [6, 6.07) is 1.48. The molecule has 15 heavy (non-hydrogen) atoms. The van der Waals surface area contributed by atoms with Crippen LogP contribution < -0.4 is 5.32 Å². The van der Waals surface area contributed by atoms with Crippen LogP contribution in [0.2, 0.25) is 0 Å². The molecule has 0 aliphatic heterocycles. The van der Waals surface area contributed by atoms with Crippen molar-refractivity contribution in [1.29, 1.82) is 0 Å². The van der Waals surface area contributed by atoms with E-state index in [1.807, 2.05) is 11.7 Å². The lowest BCUT2D eigenvalue weighted by Gasteiger charge is -2.24. The van der Waals surface area contributed by atoms with Gasteiger partial charge in [-0.3, -0.25) is 9.88 Å². The van der Waals surface area contributed by atoms with E-state index in [9.17, 15) is 0 Å². The van der Waals surface area contributed by atoms with E-state index in [4.69, 9.17) is 0 Å². The predicted molar refractivity (Wildman–Crippen MR) is 64.1 cm³/mol. The Morgan fingerprint density at radius 3 is 3.07 bits per heavy atom. The van der Waals surface area contributed by atoms with Crippen LogP contribution in [0.4, 0.5) is 0 Å². The molecule has 1 aliphatic rings. The number of nitrogens with one attached hydrogen (secondary N) is 1. The van der Waals surface area contributed by atoms with Crippen LogP contribution in [0.25, 0.3) is 0 Å². The van der Waals surface area contributed by atoms with Gasteiger partial charge in [-0.2, -0.15) is 0 Å². The topological polar surface area (TPSA) is 28.2 Å². The fourth-order valence-corrected chi connectivity index (χ4v) is 2.28. The van der Waals surface area contributed by atoms with Gasteiger partial charge in [-0.05, 0) is 26.8 Å². The SMILES string of the molecule is CC(CNCc1cncs1)N(C)C1CC1. The highest BCUT2D eigenvalue weighted by molar-refractivity contribution is 7.09. The van der Waals surface area contributed by atoms with Crippen LogP contribution in [0, 0.1) is 0 Å². The van der Waals surface area contributed by atoms with Crippen LogP contribution in [0.1, 0.15) is 24.6 Å². The van der Waals surface area contributed by atoms with Crippen molar-refractivity contribution in [3.8, 4) is 0 Å². The predicted octanol–water partition coefficient (Wildman–Crippen LogP) is 1.72. The van der Waals surface area contributed by atoms with Gasteiger partial charge in [0.05, 0.1) is 5.51 Å². The van der Waals surface area contributed by atoms with Crippen LogP contribution in [-0.2, 0) is 6.54 Å². The lowest BCUT2D eigenvalue weighted by Crippen LogP contribution is -2.38. The minimum atomic E-state index is 0.630. The maximum atomic E-state index is 4.06. The third-order valence-corrected chi connectivity index (χ3v) is 3.82. The molecule has 0 bridgehead atoms. The van der Waals surface area contributed by atoms with Gasteiger partial charge in [0, 0.05) is 36.2 Å². The molecule has 0 aromatic carbocycles. The fourth-order valence-electron chi connectivity index (χ4n) is 1.72. The standard InChI is InChI=1S/C11H19N3S/c1-9(14(2)10-3-4-10)5-12-6-11-7-13-8-15-11/h7-10,12H,3-6H2,1-2H3. The van der Waals surface area contributed by atoms with Crippen molar-refractivity contribution in [2.45, 2.75) is 38.4 Å². The van der Waals surface area contributed by atoms with Gasteiger partial charge in [-0.15, -0.1) is 11.3 Å². The summed E-state index contributed by atoms with van der Waals surface area (Å²) in [6.45, 7) is 4.30. The Kier molecular flexibility index (Phi) is 3.72. The molecule has 1 saturated carbocycles. The molecule has 1 aliphatic carbocycles. The van der Waals surface area contributed by atoms with Gasteiger partial charge in [0.15, 0.2) is 0 Å². The first-order valence-corrected chi connectivity index (χ1v) is 6.45. The summed E-state index contributed by atoms with van der Waals surface area (Å²) in [5.41, 5.74) is 1.89. The van der Waals surface area contributed by atoms with Crippen molar-refractivity contribution in [2.75, 3.05) is 13.6 Å². The number of nitrogens with zero attached hydrogens (tertiary/aromatic N) is 2. The van der Waals surface area contributed by atoms with Crippen molar-refractivity contribution in [3.05, 3.63) is 16.6 Å². The maximum absolute atomic E-state index is 4.06. The fraction of sp³-hybridized carbons (Fsp3) is 0.727. The lowest BCUT2D eigenvalue weighted by molar-refractivity contribution is 0.241. The highest BCUT2D eigenvalue weighted by Gasteiger charge is 2.28. The van der Waals surface area contributed by atoms with Gasteiger partial charge >= 0.3 is 0 Å². The molecule has 0 radical (unpaired) electrons. The van der Waals surface area contributed by atoms with Crippen molar-refractivity contribution in [1.82, 2.24) is 15.2 Å². The zero-order chi connectivity index (χ0) is 10.7. The summed E-state index contributed by atoms with van der Waals surface area (Å²) in [5, 5.41) is 3.48. The molecule has 0 saturated heterocycles. The van der Waals surface area contributed by atoms with Gasteiger partial charge in [0.2, 0.25) is 0 Å². The van der Waals surface area contributed by atoms with E-state index in [2.05, 4.69) is 29.2 Å². The molecule has 3 nitrogen and oxygen atoms in total. The third-order valence-electron chi connectivity index (χ3n) is 3.04. The molecule has 4 heteroatoms. The number of thiazole rings is 1. The zero-order valence-corrected chi connectivity index (χ0v) is 10.3.